The molecule has 0 aromatic heterocycles. The van der Waals surface area contributed by atoms with Crippen LogP contribution in [0.3, 0.4) is 0 Å². The van der Waals surface area contributed by atoms with E-state index in [2.05, 4.69) is 34.9 Å². The molecule has 10 heteroatoms. The summed E-state index contributed by atoms with van der Waals surface area (Å²) in [6.45, 7) is 4.36. The average molecular weight is 644 g/mol. The Bertz CT molecular complexity index is 1530. The van der Waals surface area contributed by atoms with Crippen molar-refractivity contribution in [3.8, 4) is 22.9 Å². The smallest absolute Gasteiger partial charge is 0.241 e. The second-order valence-electron chi connectivity index (χ2n) is 11.9. The number of piperidine rings is 2. The Morgan fingerprint density at radius 2 is 1.59 bits per heavy atom. The number of benzene rings is 3. The Labute approximate surface area is 277 Å². The summed E-state index contributed by atoms with van der Waals surface area (Å²) in [4.78, 5) is 41.1. The van der Waals surface area contributed by atoms with Crippen LogP contribution in [-0.2, 0) is 20.9 Å². The van der Waals surface area contributed by atoms with Crippen LogP contribution in [0.4, 0.5) is 0 Å². The number of hydrogen-bond donors (Lipinski definition) is 2. The fourth-order valence-electron chi connectivity index (χ4n) is 6.45. The lowest BCUT2D eigenvalue weighted by Gasteiger charge is -2.42. The van der Waals surface area contributed by atoms with Crippen molar-refractivity contribution >= 4 is 30.1 Å². The van der Waals surface area contributed by atoms with Crippen LogP contribution in [0.1, 0.15) is 48.8 Å². The van der Waals surface area contributed by atoms with Gasteiger partial charge in [-0.05, 0) is 60.2 Å². The number of rotatable bonds is 9. The third-order valence-corrected chi connectivity index (χ3v) is 9.02. The molecule has 242 valence electrons. The lowest BCUT2D eigenvalue weighted by atomic mass is 9.84. The zero-order valence-corrected chi connectivity index (χ0v) is 27.2. The number of nitrogens with zero attached hydrogens (tertiary/aromatic N) is 3. The van der Waals surface area contributed by atoms with E-state index in [0.29, 0.717) is 51.1 Å². The first kappa shape index (κ1) is 34.5. The van der Waals surface area contributed by atoms with Gasteiger partial charge in [0.05, 0.1) is 25.3 Å². The largest absolute Gasteiger partial charge is 0.496 e. The van der Waals surface area contributed by atoms with E-state index >= 15 is 0 Å². The van der Waals surface area contributed by atoms with Crippen molar-refractivity contribution in [2.75, 3.05) is 39.8 Å². The molecule has 2 N–H and O–H groups in total. The second-order valence-corrected chi connectivity index (χ2v) is 11.9. The number of halogens is 1. The van der Waals surface area contributed by atoms with Gasteiger partial charge in [0.15, 0.2) is 0 Å². The van der Waals surface area contributed by atoms with Crippen LogP contribution in [0.2, 0.25) is 0 Å². The Kier molecular flexibility index (Phi) is 12.2. The number of nitrogens with one attached hydrogen (secondary N) is 2. The van der Waals surface area contributed by atoms with E-state index in [4.69, 9.17) is 10.00 Å². The summed E-state index contributed by atoms with van der Waals surface area (Å²) >= 11 is 0. The van der Waals surface area contributed by atoms with Crippen molar-refractivity contribution in [3.63, 3.8) is 0 Å². The topological polar surface area (TPSA) is 115 Å². The van der Waals surface area contributed by atoms with Crippen molar-refractivity contribution in [1.82, 2.24) is 20.4 Å². The van der Waals surface area contributed by atoms with E-state index in [-0.39, 0.29) is 54.6 Å². The third-order valence-electron chi connectivity index (χ3n) is 9.02. The van der Waals surface area contributed by atoms with Crippen LogP contribution in [0.25, 0.3) is 11.1 Å². The van der Waals surface area contributed by atoms with Crippen LogP contribution in [-0.4, -0.2) is 73.4 Å². The molecule has 0 bridgehead atoms. The monoisotopic (exact) mass is 643 g/mol. The number of hydrogen-bond acceptors (Lipinski definition) is 6. The maximum absolute atomic E-state index is 13.7. The molecule has 0 spiro atoms. The first-order valence-electron chi connectivity index (χ1n) is 15.6. The lowest BCUT2D eigenvalue weighted by molar-refractivity contribution is -0.141. The molecule has 3 aromatic carbocycles. The van der Waals surface area contributed by atoms with Gasteiger partial charge in [0.2, 0.25) is 17.7 Å². The van der Waals surface area contributed by atoms with E-state index < -0.39 is 0 Å². The van der Waals surface area contributed by atoms with Crippen LogP contribution < -0.4 is 15.4 Å². The van der Waals surface area contributed by atoms with Gasteiger partial charge in [-0.3, -0.25) is 14.4 Å². The zero-order valence-electron chi connectivity index (χ0n) is 26.4. The summed E-state index contributed by atoms with van der Waals surface area (Å²) in [7, 11) is 1.68. The SMILES string of the molecule is COc1ccc(-c2ccc(C#N)cc2)cc1CN[C@H]1CCN(C(=O)C2CCN(C(=O)CNC(C)=O)CC2)C[C@H]1c1ccccc1.Cl. The highest BCUT2D eigenvalue weighted by atomic mass is 35.5. The van der Waals surface area contributed by atoms with E-state index in [0.717, 1.165) is 28.9 Å². The van der Waals surface area contributed by atoms with Gasteiger partial charge in [0, 0.05) is 63.1 Å². The first-order chi connectivity index (χ1) is 21.9. The molecule has 0 radical (unpaired) electrons. The van der Waals surface area contributed by atoms with Gasteiger partial charge in [-0.25, -0.2) is 0 Å². The number of carbonyl (C=O) groups excluding carboxylic acids is 3. The molecule has 3 aromatic rings. The number of nitriles is 1. The molecule has 46 heavy (non-hydrogen) atoms. The molecule has 0 saturated carbocycles. The summed E-state index contributed by atoms with van der Waals surface area (Å²) in [6.07, 6.45) is 2.08. The standard InChI is InChI=1S/C36H41N5O4.ClH/c1-25(42)38-23-35(43)40-17-14-29(15-18-40)36(44)41-19-16-33(32(24-41)28-6-4-3-5-7-28)39-22-31-20-30(12-13-34(31)45-2)27-10-8-26(21-37)9-11-27;/h3-13,20,29,32-33,39H,14-19,22-24H2,1-2H3,(H,38,42);1H/t32-,33-;/m0./s1. The highest BCUT2D eigenvalue weighted by molar-refractivity contribution is 5.85. The molecule has 2 fully saturated rings. The van der Waals surface area contributed by atoms with Gasteiger partial charge >= 0.3 is 0 Å². The quantitative estimate of drug-likeness (QED) is 0.355. The fraction of sp³-hybridized carbons (Fsp3) is 0.389. The average Bonchev–Trinajstić information content (AvgIpc) is 3.09. The summed E-state index contributed by atoms with van der Waals surface area (Å²) in [6, 6.07) is 26.4. The molecule has 2 saturated heterocycles. The Balaban J connectivity index is 0.00000480. The maximum Gasteiger partial charge on any atom is 0.241 e. The second kappa shape index (κ2) is 16.3. The minimum absolute atomic E-state index is 0. The van der Waals surface area contributed by atoms with E-state index in [1.807, 2.05) is 59.5 Å². The first-order valence-corrected chi connectivity index (χ1v) is 15.6. The predicted molar refractivity (Wildman–Crippen MR) is 179 cm³/mol. The van der Waals surface area contributed by atoms with Crippen molar-refractivity contribution < 1.29 is 19.1 Å². The Hall–Kier alpha value is -4.39. The molecule has 2 aliphatic heterocycles. The van der Waals surface area contributed by atoms with Crippen molar-refractivity contribution in [2.24, 2.45) is 5.92 Å². The lowest BCUT2D eigenvalue weighted by Crippen LogP contribution is -2.52. The number of likely N-dealkylation sites (tertiary alicyclic amines) is 2. The summed E-state index contributed by atoms with van der Waals surface area (Å²) < 4.78 is 5.71. The molecule has 2 aliphatic rings. The molecule has 0 aliphatic carbocycles. The molecular weight excluding hydrogens is 602 g/mol. The molecule has 5 rings (SSSR count). The van der Waals surface area contributed by atoms with E-state index in [9.17, 15) is 14.4 Å². The van der Waals surface area contributed by atoms with Crippen molar-refractivity contribution in [2.45, 2.75) is 44.7 Å². The molecule has 2 atom stereocenters. The van der Waals surface area contributed by atoms with Gasteiger partial charge in [-0.1, -0.05) is 48.5 Å². The van der Waals surface area contributed by atoms with E-state index in [1.54, 1.807) is 12.0 Å². The number of amides is 3. The third kappa shape index (κ3) is 8.45. The van der Waals surface area contributed by atoms with Gasteiger partial charge in [-0.2, -0.15) is 5.26 Å². The minimum atomic E-state index is -0.227. The predicted octanol–water partition coefficient (Wildman–Crippen LogP) is 4.50. The molecule has 9 nitrogen and oxygen atoms in total. The summed E-state index contributed by atoms with van der Waals surface area (Å²) in [5.41, 5.74) is 4.97. The highest BCUT2D eigenvalue weighted by Gasteiger charge is 2.36. The van der Waals surface area contributed by atoms with Gasteiger partial charge in [0.1, 0.15) is 5.75 Å². The summed E-state index contributed by atoms with van der Waals surface area (Å²) in [5, 5.41) is 15.5. The normalized spacial score (nSPS) is 18.2. The zero-order chi connectivity index (χ0) is 31.8. The Morgan fingerprint density at radius 1 is 0.913 bits per heavy atom. The number of ether oxygens (including phenoxy) is 1. The van der Waals surface area contributed by atoms with Crippen molar-refractivity contribution in [3.05, 3.63) is 89.5 Å². The molecule has 2 heterocycles. The van der Waals surface area contributed by atoms with Crippen LogP contribution in [0.5, 0.6) is 5.75 Å². The van der Waals surface area contributed by atoms with Crippen molar-refractivity contribution in [1.29, 1.82) is 5.26 Å². The molecule has 3 amide bonds. The molecule has 0 unspecified atom stereocenters. The van der Waals surface area contributed by atoms with Gasteiger partial charge < -0.3 is 25.2 Å². The minimum Gasteiger partial charge on any atom is -0.496 e. The number of methoxy groups -OCH3 is 1. The van der Waals surface area contributed by atoms with Crippen LogP contribution in [0, 0.1) is 17.2 Å². The number of carbonyl (C=O) groups is 3. The fourth-order valence-corrected chi connectivity index (χ4v) is 6.45. The van der Waals surface area contributed by atoms with E-state index in [1.165, 1.54) is 12.5 Å². The Morgan fingerprint density at radius 3 is 2.24 bits per heavy atom. The van der Waals surface area contributed by atoms with Crippen LogP contribution >= 0.6 is 12.4 Å². The summed E-state index contributed by atoms with van der Waals surface area (Å²) in [5.74, 6) is 0.660. The van der Waals surface area contributed by atoms with Gasteiger partial charge in [0.25, 0.3) is 0 Å². The highest BCUT2D eigenvalue weighted by Crippen LogP contribution is 2.32. The van der Waals surface area contributed by atoms with Crippen LogP contribution in [0.15, 0.2) is 72.8 Å². The van der Waals surface area contributed by atoms with Gasteiger partial charge in [-0.15, -0.1) is 12.4 Å². The molecular formula is C36H42ClN5O4. The maximum atomic E-state index is 13.7.